The zero-order valence-corrected chi connectivity index (χ0v) is 10.8. The number of hydrogen-bond acceptors (Lipinski definition) is 3. The number of carboxylic acid groups (broad SMARTS) is 1. The highest BCUT2D eigenvalue weighted by atomic mass is 16.4. The molecule has 0 bridgehead atoms. The molecule has 0 saturated heterocycles. The Bertz CT molecular complexity index is 759. The summed E-state index contributed by atoms with van der Waals surface area (Å²) in [6.07, 6.45) is 5.27. The first-order valence-corrected chi connectivity index (χ1v) is 6.01. The molecule has 0 spiro atoms. The van der Waals surface area contributed by atoms with Crippen LogP contribution in [0.4, 0.5) is 0 Å². The molecule has 6 nitrogen and oxygen atoms in total. The Morgan fingerprint density at radius 1 is 1.30 bits per heavy atom. The van der Waals surface area contributed by atoms with Gasteiger partial charge in [-0.2, -0.15) is 5.10 Å². The van der Waals surface area contributed by atoms with Crippen LogP contribution in [0.25, 0.3) is 16.9 Å². The number of aryl methyl sites for hydroxylation is 1. The zero-order chi connectivity index (χ0) is 14.1. The van der Waals surface area contributed by atoms with Crippen LogP contribution in [0.15, 0.2) is 49.1 Å². The van der Waals surface area contributed by atoms with E-state index in [1.165, 1.54) is 0 Å². The first-order valence-electron chi connectivity index (χ1n) is 6.01. The molecule has 1 aromatic carbocycles. The van der Waals surface area contributed by atoms with Gasteiger partial charge in [0.2, 0.25) is 0 Å². The van der Waals surface area contributed by atoms with E-state index in [4.69, 9.17) is 5.11 Å². The van der Waals surface area contributed by atoms with Crippen molar-refractivity contribution in [3.05, 3.63) is 54.7 Å². The number of rotatable bonds is 3. The second-order valence-electron chi connectivity index (χ2n) is 4.36. The lowest BCUT2D eigenvalue weighted by molar-refractivity contribution is 0.0689. The first-order chi connectivity index (χ1) is 9.65. The fourth-order valence-electron chi connectivity index (χ4n) is 2.08. The predicted octanol–water partition coefficient (Wildman–Crippen LogP) is 1.97. The van der Waals surface area contributed by atoms with E-state index in [1.54, 1.807) is 30.3 Å². The number of aromatic nitrogens is 4. The molecule has 6 heteroatoms. The zero-order valence-electron chi connectivity index (χ0n) is 10.8. The molecule has 0 fully saturated rings. The number of carboxylic acids is 1. The highest BCUT2D eigenvalue weighted by Crippen LogP contribution is 2.22. The number of benzene rings is 1. The van der Waals surface area contributed by atoms with Crippen molar-refractivity contribution in [2.24, 2.45) is 7.05 Å². The van der Waals surface area contributed by atoms with E-state index in [2.05, 4.69) is 10.1 Å². The predicted molar refractivity (Wildman–Crippen MR) is 72.7 cm³/mol. The Balaban J connectivity index is 2.07. The lowest BCUT2D eigenvalue weighted by Gasteiger charge is -2.06. The summed E-state index contributed by atoms with van der Waals surface area (Å²) in [5.41, 5.74) is 2.65. The highest BCUT2D eigenvalue weighted by Gasteiger charge is 2.12. The van der Waals surface area contributed by atoms with Gasteiger partial charge in [-0.1, -0.05) is 12.1 Å². The molecule has 0 radical (unpaired) electrons. The van der Waals surface area contributed by atoms with Gasteiger partial charge in [-0.15, -0.1) is 0 Å². The van der Waals surface area contributed by atoms with Crippen LogP contribution in [-0.2, 0) is 7.05 Å². The molecule has 0 saturated carbocycles. The first kappa shape index (κ1) is 12.2. The van der Waals surface area contributed by atoms with Gasteiger partial charge in [0.1, 0.15) is 0 Å². The Labute approximate surface area is 114 Å². The molecule has 0 amide bonds. The van der Waals surface area contributed by atoms with Gasteiger partial charge in [0.25, 0.3) is 0 Å². The molecule has 3 aromatic rings. The summed E-state index contributed by atoms with van der Waals surface area (Å²) < 4.78 is 3.45. The van der Waals surface area contributed by atoms with E-state index in [0.29, 0.717) is 0 Å². The van der Waals surface area contributed by atoms with Crippen LogP contribution in [0.1, 0.15) is 10.5 Å². The normalized spacial score (nSPS) is 10.7. The Morgan fingerprint density at radius 2 is 2.15 bits per heavy atom. The smallest absolute Gasteiger partial charge is 0.356 e. The number of aromatic carboxylic acids is 1. The van der Waals surface area contributed by atoms with Gasteiger partial charge >= 0.3 is 5.97 Å². The van der Waals surface area contributed by atoms with Gasteiger partial charge in [0, 0.05) is 30.7 Å². The summed E-state index contributed by atoms with van der Waals surface area (Å²) >= 11 is 0. The van der Waals surface area contributed by atoms with Crippen molar-refractivity contribution in [3.63, 3.8) is 0 Å². The van der Waals surface area contributed by atoms with Crippen LogP contribution in [0, 0.1) is 0 Å². The van der Waals surface area contributed by atoms with Crippen LogP contribution < -0.4 is 0 Å². The quantitative estimate of drug-likeness (QED) is 0.788. The second kappa shape index (κ2) is 4.65. The largest absolute Gasteiger partial charge is 0.476 e. The maximum absolute atomic E-state index is 11.0. The second-order valence-corrected chi connectivity index (χ2v) is 4.36. The van der Waals surface area contributed by atoms with Gasteiger partial charge < -0.3 is 9.67 Å². The van der Waals surface area contributed by atoms with Crippen LogP contribution in [-0.4, -0.2) is 30.4 Å². The summed E-state index contributed by atoms with van der Waals surface area (Å²) in [4.78, 5) is 15.0. The van der Waals surface area contributed by atoms with Gasteiger partial charge in [-0.05, 0) is 18.2 Å². The van der Waals surface area contributed by atoms with E-state index in [0.717, 1.165) is 16.9 Å². The Morgan fingerprint density at radius 3 is 2.80 bits per heavy atom. The molecule has 2 heterocycles. The van der Waals surface area contributed by atoms with Crippen LogP contribution in [0.5, 0.6) is 0 Å². The molecule has 1 N–H and O–H groups in total. The number of carbonyl (C=O) groups is 1. The fourth-order valence-corrected chi connectivity index (χ4v) is 2.08. The minimum Gasteiger partial charge on any atom is -0.476 e. The van der Waals surface area contributed by atoms with Gasteiger partial charge in [0.15, 0.2) is 5.69 Å². The third kappa shape index (κ3) is 2.07. The Hall–Kier alpha value is -2.89. The third-order valence-corrected chi connectivity index (χ3v) is 3.04. The van der Waals surface area contributed by atoms with E-state index < -0.39 is 5.97 Å². The van der Waals surface area contributed by atoms with E-state index in [-0.39, 0.29) is 5.69 Å². The molecule has 0 aliphatic rings. The van der Waals surface area contributed by atoms with E-state index in [1.807, 2.05) is 35.0 Å². The monoisotopic (exact) mass is 268 g/mol. The molecule has 20 heavy (non-hydrogen) atoms. The molecule has 0 aliphatic carbocycles. The molecule has 0 atom stereocenters. The molecule has 0 unspecified atom stereocenters. The van der Waals surface area contributed by atoms with Gasteiger partial charge in [0.05, 0.1) is 12.0 Å². The summed E-state index contributed by atoms with van der Waals surface area (Å²) in [6, 6.07) is 9.32. The van der Waals surface area contributed by atoms with Crippen molar-refractivity contribution in [2.75, 3.05) is 0 Å². The van der Waals surface area contributed by atoms with Crippen LogP contribution in [0.3, 0.4) is 0 Å². The van der Waals surface area contributed by atoms with Crippen molar-refractivity contribution in [2.45, 2.75) is 0 Å². The average Bonchev–Trinajstić information content (AvgIpc) is 3.08. The Kier molecular flexibility index (Phi) is 2.83. The van der Waals surface area contributed by atoms with Gasteiger partial charge in [-0.3, -0.25) is 4.68 Å². The van der Waals surface area contributed by atoms with Crippen molar-refractivity contribution >= 4 is 5.97 Å². The number of imidazole rings is 1. The third-order valence-electron chi connectivity index (χ3n) is 3.04. The number of nitrogens with zero attached hydrogens (tertiary/aromatic N) is 4. The minimum atomic E-state index is -1.03. The summed E-state index contributed by atoms with van der Waals surface area (Å²) in [6.45, 7) is 0. The maximum Gasteiger partial charge on any atom is 0.356 e. The van der Waals surface area contributed by atoms with Crippen molar-refractivity contribution < 1.29 is 9.90 Å². The van der Waals surface area contributed by atoms with E-state index >= 15 is 0 Å². The molecule has 100 valence electrons. The summed E-state index contributed by atoms with van der Waals surface area (Å²) in [5, 5.41) is 13.0. The molecule has 2 aromatic heterocycles. The summed E-state index contributed by atoms with van der Waals surface area (Å²) in [7, 11) is 1.73. The number of hydrogen-bond donors (Lipinski definition) is 1. The topological polar surface area (TPSA) is 72.9 Å². The van der Waals surface area contributed by atoms with Crippen molar-refractivity contribution in [1.82, 2.24) is 19.3 Å². The minimum absolute atomic E-state index is 0.0375. The lowest BCUT2D eigenvalue weighted by atomic mass is 10.1. The maximum atomic E-state index is 11.0. The molecule has 0 aliphatic heterocycles. The molecular weight excluding hydrogens is 256 g/mol. The lowest BCUT2D eigenvalue weighted by Crippen LogP contribution is -1.99. The standard InChI is InChI=1S/C14H12N4O2/c1-17-13(8-12(16-17)14(19)20)10-3-2-4-11(7-10)18-6-5-15-9-18/h2-9H,1H3,(H,19,20). The van der Waals surface area contributed by atoms with Crippen molar-refractivity contribution in [1.29, 1.82) is 0 Å². The fraction of sp³-hybridized carbons (Fsp3) is 0.0714. The average molecular weight is 268 g/mol. The van der Waals surface area contributed by atoms with E-state index in [9.17, 15) is 4.79 Å². The van der Waals surface area contributed by atoms with Crippen LogP contribution >= 0.6 is 0 Å². The SMILES string of the molecule is Cn1nc(C(=O)O)cc1-c1cccc(-n2ccnc2)c1. The summed E-state index contributed by atoms with van der Waals surface area (Å²) in [5.74, 6) is -1.03. The molecule has 3 rings (SSSR count). The van der Waals surface area contributed by atoms with Gasteiger partial charge in [-0.25, -0.2) is 9.78 Å². The van der Waals surface area contributed by atoms with Crippen LogP contribution in [0.2, 0.25) is 0 Å². The van der Waals surface area contributed by atoms with Crippen molar-refractivity contribution in [3.8, 4) is 16.9 Å². The molecular formula is C14H12N4O2. The highest BCUT2D eigenvalue weighted by molar-refractivity contribution is 5.87.